The first-order valence-corrected chi connectivity index (χ1v) is 10.1. The molecule has 0 N–H and O–H groups in total. The zero-order valence-corrected chi connectivity index (χ0v) is 16.8. The highest BCUT2D eigenvalue weighted by molar-refractivity contribution is 7.08. The van der Waals surface area contributed by atoms with Crippen molar-refractivity contribution in [3.8, 4) is 17.2 Å². The number of benzene rings is 1. The van der Waals surface area contributed by atoms with E-state index in [-0.39, 0.29) is 12.4 Å². The van der Waals surface area contributed by atoms with Crippen LogP contribution >= 0.6 is 11.3 Å². The number of aromatic nitrogens is 1. The standard InChI is InChI=1S/C21H23NO5S/c1-3-25-27-20(23)9-6-16-4-7-18(8-5-16)24-12-10-19-15(2)26-21(22-19)17-11-13-28-14-17/h4-5,7-8,11,13-14H,3,6,9-10,12H2,1-2H3. The highest BCUT2D eigenvalue weighted by Crippen LogP contribution is 2.24. The summed E-state index contributed by atoms with van der Waals surface area (Å²) in [5, 5.41) is 4.02. The molecule has 1 aromatic carbocycles. The second kappa shape index (κ2) is 10.1. The van der Waals surface area contributed by atoms with Gasteiger partial charge in [-0.05, 0) is 49.4 Å². The van der Waals surface area contributed by atoms with Gasteiger partial charge in [-0.3, -0.25) is 4.89 Å². The van der Waals surface area contributed by atoms with Crippen molar-refractivity contribution in [2.45, 2.75) is 33.1 Å². The van der Waals surface area contributed by atoms with Crippen LogP contribution in [0.15, 0.2) is 45.5 Å². The molecule has 0 atom stereocenters. The molecule has 0 unspecified atom stereocenters. The molecular formula is C21H23NO5S. The zero-order valence-electron chi connectivity index (χ0n) is 16.0. The molecule has 3 aromatic rings. The minimum Gasteiger partial charge on any atom is -0.493 e. The van der Waals surface area contributed by atoms with Crippen molar-refractivity contribution in [2.75, 3.05) is 13.2 Å². The third kappa shape index (κ3) is 5.68. The lowest BCUT2D eigenvalue weighted by Crippen LogP contribution is -2.06. The van der Waals surface area contributed by atoms with Gasteiger partial charge in [0, 0.05) is 17.4 Å². The molecule has 0 saturated heterocycles. The number of ether oxygens (including phenoxy) is 1. The van der Waals surface area contributed by atoms with Crippen molar-refractivity contribution in [2.24, 2.45) is 0 Å². The molecule has 148 valence electrons. The lowest BCUT2D eigenvalue weighted by atomic mass is 10.1. The van der Waals surface area contributed by atoms with Crippen LogP contribution in [-0.4, -0.2) is 24.2 Å². The summed E-state index contributed by atoms with van der Waals surface area (Å²) < 4.78 is 11.5. The maximum atomic E-state index is 11.4. The second-order valence-electron chi connectivity index (χ2n) is 6.14. The molecule has 0 aliphatic rings. The highest BCUT2D eigenvalue weighted by atomic mass is 32.1. The van der Waals surface area contributed by atoms with Gasteiger partial charge in [0.15, 0.2) is 0 Å². The molecule has 3 rings (SSSR count). The summed E-state index contributed by atoms with van der Waals surface area (Å²) in [6, 6.07) is 9.68. The van der Waals surface area contributed by atoms with Crippen LogP contribution in [-0.2, 0) is 27.4 Å². The number of oxazole rings is 1. The van der Waals surface area contributed by atoms with Crippen LogP contribution < -0.4 is 4.74 Å². The van der Waals surface area contributed by atoms with Crippen LogP contribution in [0.3, 0.4) is 0 Å². The molecule has 2 aromatic heterocycles. The molecule has 0 aliphatic carbocycles. The predicted molar refractivity (Wildman–Crippen MR) is 106 cm³/mol. The van der Waals surface area contributed by atoms with E-state index in [1.54, 1.807) is 18.3 Å². The molecule has 0 saturated carbocycles. The summed E-state index contributed by atoms with van der Waals surface area (Å²) in [5.41, 5.74) is 2.94. The molecule has 0 amide bonds. The van der Waals surface area contributed by atoms with E-state index in [9.17, 15) is 4.79 Å². The van der Waals surface area contributed by atoms with Gasteiger partial charge in [-0.25, -0.2) is 9.78 Å². The third-order valence-electron chi connectivity index (χ3n) is 4.08. The Bertz CT molecular complexity index is 871. The van der Waals surface area contributed by atoms with E-state index in [4.69, 9.17) is 9.15 Å². The molecule has 0 radical (unpaired) electrons. The topological polar surface area (TPSA) is 70.8 Å². The van der Waals surface area contributed by atoms with Crippen LogP contribution in [0.2, 0.25) is 0 Å². The monoisotopic (exact) mass is 401 g/mol. The molecule has 0 spiro atoms. The van der Waals surface area contributed by atoms with E-state index in [1.165, 1.54) is 0 Å². The van der Waals surface area contributed by atoms with Gasteiger partial charge in [0.2, 0.25) is 5.89 Å². The van der Waals surface area contributed by atoms with Crippen molar-refractivity contribution in [1.82, 2.24) is 4.98 Å². The maximum absolute atomic E-state index is 11.4. The number of carbonyl (C=O) groups excluding carboxylic acids is 1. The van der Waals surface area contributed by atoms with Gasteiger partial charge < -0.3 is 9.15 Å². The van der Waals surface area contributed by atoms with E-state index < -0.39 is 0 Å². The van der Waals surface area contributed by atoms with E-state index in [0.29, 0.717) is 31.9 Å². The Morgan fingerprint density at radius 3 is 2.71 bits per heavy atom. The van der Waals surface area contributed by atoms with Gasteiger partial charge in [0.05, 0.1) is 25.3 Å². The quantitative estimate of drug-likeness (QED) is 0.360. The second-order valence-corrected chi connectivity index (χ2v) is 6.92. The number of thiophene rings is 1. The summed E-state index contributed by atoms with van der Waals surface area (Å²) >= 11 is 1.62. The lowest BCUT2D eigenvalue weighted by Gasteiger charge is -2.07. The summed E-state index contributed by atoms with van der Waals surface area (Å²) in [7, 11) is 0. The number of hydrogen-bond acceptors (Lipinski definition) is 7. The Labute approximate surface area is 168 Å². The Morgan fingerprint density at radius 1 is 1.18 bits per heavy atom. The van der Waals surface area contributed by atoms with Crippen LogP contribution in [0.1, 0.15) is 30.4 Å². The fourth-order valence-electron chi connectivity index (χ4n) is 2.60. The Kier molecular flexibility index (Phi) is 7.22. The number of hydrogen-bond donors (Lipinski definition) is 0. The SMILES string of the molecule is CCOOC(=O)CCc1ccc(OCCc2nc(-c3ccsc3)oc2C)cc1. The van der Waals surface area contributed by atoms with Crippen LogP contribution in [0.5, 0.6) is 5.75 Å². The molecule has 28 heavy (non-hydrogen) atoms. The van der Waals surface area contributed by atoms with Crippen molar-refractivity contribution < 1.29 is 23.7 Å². The maximum Gasteiger partial charge on any atom is 0.342 e. The van der Waals surface area contributed by atoms with Gasteiger partial charge in [0.1, 0.15) is 11.5 Å². The molecule has 0 fully saturated rings. The predicted octanol–water partition coefficient (Wildman–Crippen LogP) is 4.76. The van der Waals surface area contributed by atoms with Gasteiger partial charge in [-0.1, -0.05) is 12.1 Å². The van der Waals surface area contributed by atoms with Crippen molar-refractivity contribution in [1.29, 1.82) is 0 Å². The number of aryl methyl sites for hydroxylation is 2. The van der Waals surface area contributed by atoms with Gasteiger partial charge in [-0.2, -0.15) is 16.2 Å². The van der Waals surface area contributed by atoms with Crippen molar-refractivity contribution in [3.63, 3.8) is 0 Å². The fraction of sp³-hybridized carbons (Fsp3) is 0.333. The minimum absolute atomic E-state index is 0.276. The smallest absolute Gasteiger partial charge is 0.342 e. The normalized spacial score (nSPS) is 10.8. The molecule has 6 nitrogen and oxygen atoms in total. The fourth-order valence-corrected chi connectivity index (χ4v) is 3.23. The molecule has 0 aliphatic heterocycles. The summed E-state index contributed by atoms with van der Waals surface area (Å²) in [4.78, 5) is 25.2. The number of rotatable bonds is 10. The third-order valence-corrected chi connectivity index (χ3v) is 4.76. The van der Waals surface area contributed by atoms with E-state index in [1.807, 2.05) is 48.0 Å². The minimum atomic E-state index is -0.369. The van der Waals surface area contributed by atoms with Crippen molar-refractivity contribution >= 4 is 17.3 Å². The average Bonchev–Trinajstić information content (AvgIpc) is 3.36. The van der Waals surface area contributed by atoms with Crippen LogP contribution in [0.4, 0.5) is 0 Å². The molecule has 2 heterocycles. The Balaban J connectivity index is 1.45. The van der Waals surface area contributed by atoms with E-state index in [2.05, 4.69) is 14.8 Å². The molecular weight excluding hydrogens is 378 g/mol. The zero-order chi connectivity index (χ0) is 19.8. The summed E-state index contributed by atoms with van der Waals surface area (Å²) in [6.07, 6.45) is 1.54. The summed E-state index contributed by atoms with van der Waals surface area (Å²) in [5.74, 6) is 1.88. The highest BCUT2D eigenvalue weighted by Gasteiger charge is 2.12. The van der Waals surface area contributed by atoms with Gasteiger partial charge >= 0.3 is 5.97 Å². The molecule has 7 heteroatoms. The largest absolute Gasteiger partial charge is 0.493 e. The molecule has 0 bridgehead atoms. The lowest BCUT2D eigenvalue weighted by molar-refractivity contribution is -0.269. The van der Waals surface area contributed by atoms with Crippen LogP contribution in [0.25, 0.3) is 11.5 Å². The van der Waals surface area contributed by atoms with Crippen molar-refractivity contribution in [3.05, 3.63) is 58.1 Å². The Hall–Kier alpha value is -2.64. The van der Waals surface area contributed by atoms with Crippen LogP contribution in [0, 0.1) is 6.92 Å². The Morgan fingerprint density at radius 2 is 2.00 bits per heavy atom. The first-order chi connectivity index (χ1) is 13.7. The average molecular weight is 401 g/mol. The van der Waals surface area contributed by atoms with Gasteiger partial charge in [0.25, 0.3) is 0 Å². The van der Waals surface area contributed by atoms with E-state index >= 15 is 0 Å². The number of nitrogens with zero attached hydrogens (tertiary/aromatic N) is 1. The first kappa shape index (κ1) is 20.1. The van der Waals surface area contributed by atoms with E-state index in [0.717, 1.165) is 28.3 Å². The van der Waals surface area contributed by atoms with Gasteiger partial charge in [-0.15, -0.1) is 0 Å². The first-order valence-electron chi connectivity index (χ1n) is 9.18. The summed E-state index contributed by atoms with van der Waals surface area (Å²) in [6.45, 7) is 4.54. The number of carbonyl (C=O) groups is 1.